The Labute approximate surface area is 154 Å². The first-order valence-electron chi connectivity index (χ1n) is 8.85. The van der Waals surface area contributed by atoms with E-state index in [-0.39, 0.29) is 5.91 Å². The van der Waals surface area contributed by atoms with E-state index in [2.05, 4.69) is 23.3 Å². The van der Waals surface area contributed by atoms with Crippen molar-refractivity contribution in [1.82, 2.24) is 9.88 Å². The minimum atomic E-state index is 0.104. The van der Waals surface area contributed by atoms with Crippen molar-refractivity contribution in [3.8, 4) is 0 Å². The summed E-state index contributed by atoms with van der Waals surface area (Å²) in [6.07, 6.45) is 4.72. The van der Waals surface area contributed by atoms with Crippen LogP contribution in [0.5, 0.6) is 0 Å². The van der Waals surface area contributed by atoms with Crippen molar-refractivity contribution >= 4 is 23.3 Å². The summed E-state index contributed by atoms with van der Waals surface area (Å²) in [7, 11) is 0. The standard InChI is InChI=1S/C20H24ClN3O/c1-15-7-11-24(12-8-15)20(25)17-6-10-23-19(14-17)22-9-5-16-3-2-4-18(21)13-16/h2-4,6,10,13-15H,5,7-9,11-12H2,1H3,(H,22,23). The molecule has 2 heterocycles. The number of amides is 1. The van der Waals surface area contributed by atoms with Crippen LogP contribution < -0.4 is 5.32 Å². The lowest BCUT2D eigenvalue weighted by Crippen LogP contribution is -2.37. The van der Waals surface area contributed by atoms with Crippen molar-refractivity contribution in [2.75, 3.05) is 25.0 Å². The molecule has 1 aliphatic heterocycles. The molecule has 4 nitrogen and oxygen atoms in total. The summed E-state index contributed by atoms with van der Waals surface area (Å²) in [6.45, 7) is 4.68. The third-order valence-electron chi connectivity index (χ3n) is 4.69. The highest BCUT2D eigenvalue weighted by Gasteiger charge is 2.21. The fourth-order valence-corrected chi connectivity index (χ4v) is 3.29. The van der Waals surface area contributed by atoms with Gasteiger partial charge in [0.1, 0.15) is 5.82 Å². The second-order valence-corrected chi connectivity index (χ2v) is 7.15. The van der Waals surface area contributed by atoms with E-state index in [0.717, 1.165) is 49.7 Å². The molecule has 0 unspecified atom stereocenters. The molecule has 0 aliphatic carbocycles. The summed E-state index contributed by atoms with van der Waals surface area (Å²) in [6, 6.07) is 11.5. The fraction of sp³-hybridized carbons (Fsp3) is 0.400. The van der Waals surface area contributed by atoms with Crippen LogP contribution in [0.1, 0.15) is 35.7 Å². The number of rotatable bonds is 5. The molecular formula is C20H24ClN3O. The van der Waals surface area contributed by atoms with Crippen LogP contribution in [0.15, 0.2) is 42.6 Å². The highest BCUT2D eigenvalue weighted by Crippen LogP contribution is 2.19. The minimum absolute atomic E-state index is 0.104. The van der Waals surface area contributed by atoms with E-state index in [1.807, 2.05) is 29.2 Å². The Hall–Kier alpha value is -2.07. The number of hydrogen-bond donors (Lipinski definition) is 1. The zero-order chi connectivity index (χ0) is 17.6. The molecule has 25 heavy (non-hydrogen) atoms. The van der Waals surface area contributed by atoms with Gasteiger partial charge in [0, 0.05) is 36.4 Å². The molecule has 1 fully saturated rings. The lowest BCUT2D eigenvalue weighted by Gasteiger charge is -2.30. The van der Waals surface area contributed by atoms with Gasteiger partial charge < -0.3 is 10.2 Å². The number of aromatic nitrogens is 1. The van der Waals surface area contributed by atoms with E-state index in [0.29, 0.717) is 11.5 Å². The van der Waals surface area contributed by atoms with Crippen molar-refractivity contribution in [3.05, 3.63) is 58.7 Å². The third-order valence-corrected chi connectivity index (χ3v) is 4.92. The molecule has 1 aromatic heterocycles. The Morgan fingerprint density at radius 2 is 2.08 bits per heavy atom. The lowest BCUT2D eigenvalue weighted by molar-refractivity contribution is 0.0697. The molecule has 1 saturated heterocycles. The number of halogens is 1. The summed E-state index contributed by atoms with van der Waals surface area (Å²) >= 11 is 6.00. The fourth-order valence-electron chi connectivity index (χ4n) is 3.08. The molecule has 2 aromatic rings. The van der Waals surface area contributed by atoms with Crippen molar-refractivity contribution in [2.24, 2.45) is 5.92 Å². The highest BCUT2D eigenvalue weighted by atomic mass is 35.5. The molecule has 0 spiro atoms. The van der Waals surface area contributed by atoms with Crippen molar-refractivity contribution in [2.45, 2.75) is 26.2 Å². The zero-order valence-electron chi connectivity index (χ0n) is 14.5. The molecule has 0 atom stereocenters. The Morgan fingerprint density at radius 3 is 2.84 bits per heavy atom. The summed E-state index contributed by atoms with van der Waals surface area (Å²) in [5, 5.41) is 4.04. The number of benzene rings is 1. The predicted octanol–water partition coefficient (Wildman–Crippen LogP) is 4.26. The number of carbonyl (C=O) groups is 1. The molecule has 0 bridgehead atoms. The van der Waals surface area contributed by atoms with E-state index in [1.54, 1.807) is 12.3 Å². The van der Waals surface area contributed by atoms with Gasteiger partial charge in [-0.2, -0.15) is 0 Å². The SMILES string of the molecule is CC1CCN(C(=O)c2ccnc(NCCc3cccc(Cl)c3)c2)CC1. The Kier molecular flexibility index (Phi) is 5.92. The summed E-state index contributed by atoms with van der Waals surface area (Å²) in [5.74, 6) is 1.55. The van der Waals surface area contributed by atoms with Gasteiger partial charge in [0.15, 0.2) is 0 Å². The number of carbonyl (C=O) groups excluding carboxylic acids is 1. The van der Waals surface area contributed by atoms with Crippen molar-refractivity contribution in [3.63, 3.8) is 0 Å². The highest BCUT2D eigenvalue weighted by molar-refractivity contribution is 6.30. The van der Waals surface area contributed by atoms with Gasteiger partial charge in [-0.15, -0.1) is 0 Å². The second-order valence-electron chi connectivity index (χ2n) is 6.71. The average Bonchev–Trinajstić information content (AvgIpc) is 2.62. The number of hydrogen-bond acceptors (Lipinski definition) is 3. The molecule has 1 N–H and O–H groups in total. The molecule has 5 heteroatoms. The van der Waals surface area contributed by atoms with Gasteiger partial charge >= 0.3 is 0 Å². The van der Waals surface area contributed by atoms with Crippen molar-refractivity contribution in [1.29, 1.82) is 0 Å². The molecular weight excluding hydrogens is 334 g/mol. The topological polar surface area (TPSA) is 45.2 Å². The van der Waals surface area contributed by atoms with Crippen molar-refractivity contribution < 1.29 is 4.79 Å². The summed E-state index contributed by atoms with van der Waals surface area (Å²) in [5.41, 5.74) is 1.88. The molecule has 3 rings (SSSR count). The number of nitrogens with one attached hydrogen (secondary N) is 1. The Morgan fingerprint density at radius 1 is 1.28 bits per heavy atom. The van der Waals surface area contributed by atoms with Crippen LogP contribution in [0.2, 0.25) is 5.02 Å². The van der Waals surface area contributed by atoms with E-state index in [9.17, 15) is 4.79 Å². The van der Waals surface area contributed by atoms with Gasteiger partial charge in [-0.05, 0) is 55.0 Å². The van der Waals surface area contributed by atoms with Gasteiger partial charge in [0.25, 0.3) is 5.91 Å². The zero-order valence-corrected chi connectivity index (χ0v) is 15.3. The van der Waals surface area contributed by atoms with Gasteiger partial charge in [-0.3, -0.25) is 4.79 Å². The Balaban J connectivity index is 1.56. The van der Waals surface area contributed by atoms with Crippen LogP contribution in [0, 0.1) is 5.92 Å². The maximum absolute atomic E-state index is 12.6. The summed E-state index contributed by atoms with van der Waals surface area (Å²) < 4.78 is 0. The number of piperidine rings is 1. The van der Waals surface area contributed by atoms with Crippen LogP contribution in [0.4, 0.5) is 5.82 Å². The van der Waals surface area contributed by atoms with Gasteiger partial charge in [0.05, 0.1) is 0 Å². The molecule has 132 valence electrons. The smallest absolute Gasteiger partial charge is 0.254 e. The third kappa shape index (κ3) is 4.95. The number of nitrogens with zero attached hydrogens (tertiary/aromatic N) is 2. The first kappa shape index (κ1) is 17.7. The number of pyridine rings is 1. The molecule has 1 aromatic carbocycles. The first-order valence-corrected chi connectivity index (χ1v) is 9.23. The van der Waals surface area contributed by atoms with Gasteiger partial charge in [0.2, 0.25) is 0 Å². The van der Waals surface area contributed by atoms with Crippen LogP contribution >= 0.6 is 11.6 Å². The normalized spacial score (nSPS) is 15.2. The largest absolute Gasteiger partial charge is 0.370 e. The van der Waals surface area contributed by atoms with E-state index in [4.69, 9.17) is 11.6 Å². The quantitative estimate of drug-likeness (QED) is 0.869. The predicted molar refractivity (Wildman–Crippen MR) is 102 cm³/mol. The Bertz CT molecular complexity index is 726. The van der Waals surface area contributed by atoms with Gasteiger partial charge in [-0.25, -0.2) is 4.98 Å². The van der Waals surface area contributed by atoms with Gasteiger partial charge in [-0.1, -0.05) is 30.7 Å². The van der Waals surface area contributed by atoms with Crippen LogP contribution in [-0.4, -0.2) is 35.4 Å². The first-order chi connectivity index (χ1) is 12.1. The van der Waals surface area contributed by atoms with E-state index >= 15 is 0 Å². The van der Waals surface area contributed by atoms with Crippen LogP contribution in [0.3, 0.4) is 0 Å². The minimum Gasteiger partial charge on any atom is -0.370 e. The lowest BCUT2D eigenvalue weighted by atomic mass is 9.99. The molecule has 1 aliphatic rings. The van der Waals surface area contributed by atoms with Crippen LogP contribution in [0.25, 0.3) is 0 Å². The number of anilines is 1. The van der Waals surface area contributed by atoms with Crippen LogP contribution in [-0.2, 0) is 6.42 Å². The number of likely N-dealkylation sites (tertiary alicyclic amines) is 1. The second kappa shape index (κ2) is 8.34. The maximum Gasteiger partial charge on any atom is 0.254 e. The maximum atomic E-state index is 12.6. The molecule has 0 saturated carbocycles. The monoisotopic (exact) mass is 357 g/mol. The molecule has 1 amide bonds. The van der Waals surface area contributed by atoms with E-state index < -0.39 is 0 Å². The summed E-state index contributed by atoms with van der Waals surface area (Å²) in [4.78, 5) is 18.9. The average molecular weight is 358 g/mol. The van der Waals surface area contributed by atoms with E-state index in [1.165, 1.54) is 5.56 Å². The molecule has 0 radical (unpaired) electrons.